The fraction of sp³-hybridized carbons (Fsp3) is 0.250. The third-order valence-electron chi connectivity index (χ3n) is 4.17. The number of para-hydroxylation sites is 2. The van der Waals surface area contributed by atoms with Crippen molar-refractivity contribution in [2.24, 2.45) is 0 Å². The van der Waals surface area contributed by atoms with Crippen LogP contribution in [0.25, 0.3) is 38.2 Å². The summed E-state index contributed by atoms with van der Waals surface area (Å²) in [6.07, 6.45) is 0. The molecule has 0 fully saturated rings. The first-order chi connectivity index (χ1) is 15.3. The molecule has 3 aromatic carbocycles. The SMILES string of the molecule is CC.CC.CC.O=c1c2cccc3cccc(c32)c2nc3ccccc3n12.OOO[S-]. The van der Waals surface area contributed by atoms with Gasteiger partial charge in [0.15, 0.2) is 0 Å². The minimum Gasteiger partial charge on any atom is -0.579 e. The Hall–Kier alpha value is -2.71. The lowest BCUT2D eigenvalue weighted by Crippen LogP contribution is -2.13. The molecule has 6 nitrogen and oxygen atoms in total. The van der Waals surface area contributed by atoms with Crippen LogP contribution in [0.5, 0.6) is 0 Å². The van der Waals surface area contributed by atoms with E-state index >= 15 is 0 Å². The van der Waals surface area contributed by atoms with Crippen LogP contribution < -0.4 is 5.56 Å². The van der Waals surface area contributed by atoms with Gasteiger partial charge >= 0.3 is 0 Å². The van der Waals surface area contributed by atoms with Crippen molar-refractivity contribution in [3.8, 4) is 0 Å². The Balaban J connectivity index is 0.000000421. The molecule has 0 unspecified atom stereocenters. The molecule has 0 spiro atoms. The molecule has 0 aliphatic heterocycles. The van der Waals surface area contributed by atoms with Gasteiger partial charge in [-0.15, -0.1) is 0 Å². The lowest BCUT2D eigenvalue weighted by Gasteiger charge is -2.06. The molecule has 0 amide bonds. The van der Waals surface area contributed by atoms with Gasteiger partial charge in [0.05, 0.1) is 11.0 Å². The van der Waals surface area contributed by atoms with Crippen LogP contribution in [0.4, 0.5) is 0 Å². The lowest BCUT2D eigenvalue weighted by molar-refractivity contribution is -0.431. The number of nitrogens with zero attached hydrogens (tertiary/aromatic N) is 2. The predicted molar refractivity (Wildman–Crippen MR) is 131 cm³/mol. The highest BCUT2D eigenvalue weighted by atomic mass is 32.1. The Morgan fingerprint density at radius 1 is 0.839 bits per heavy atom. The number of benzene rings is 3. The van der Waals surface area contributed by atoms with Crippen molar-refractivity contribution in [1.29, 1.82) is 0 Å². The third kappa shape index (κ3) is 5.32. The molecule has 5 aromatic rings. The summed E-state index contributed by atoms with van der Waals surface area (Å²) < 4.78 is 4.91. The van der Waals surface area contributed by atoms with Gasteiger partial charge in [-0.25, -0.2) is 10.2 Å². The molecule has 1 N–H and O–H groups in total. The van der Waals surface area contributed by atoms with E-state index in [4.69, 9.17) is 5.26 Å². The Morgan fingerprint density at radius 2 is 1.39 bits per heavy atom. The highest BCUT2D eigenvalue weighted by Crippen LogP contribution is 2.29. The molecule has 0 bridgehead atoms. The number of fused-ring (bicyclic) bond motifs is 4. The maximum Gasteiger partial charge on any atom is 0.264 e. The van der Waals surface area contributed by atoms with Crippen molar-refractivity contribution in [2.45, 2.75) is 41.5 Å². The van der Waals surface area contributed by atoms with Crippen LogP contribution in [0.15, 0.2) is 65.5 Å². The zero-order valence-electron chi connectivity index (χ0n) is 18.7. The van der Waals surface area contributed by atoms with Crippen molar-refractivity contribution in [2.75, 3.05) is 0 Å². The average molecular weight is 442 g/mol. The number of rotatable bonds is 1. The molecule has 0 saturated heterocycles. The van der Waals surface area contributed by atoms with Crippen molar-refractivity contribution in [1.82, 2.24) is 9.38 Å². The predicted octanol–water partition coefficient (Wildman–Crippen LogP) is 6.54. The van der Waals surface area contributed by atoms with Gasteiger partial charge in [0.1, 0.15) is 5.65 Å². The largest absolute Gasteiger partial charge is 0.579 e. The van der Waals surface area contributed by atoms with Crippen molar-refractivity contribution < 1.29 is 14.6 Å². The monoisotopic (exact) mass is 441 g/mol. The Morgan fingerprint density at radius 3 is 1.97 bits per heavy atom. The summed E-state index contributed by atoms with van der Waals surface area (Å²) in [6.45, 7) is 12.0. The van der Waals surface area contributed by atoms with Crippen LogP contribution in [0.3, 0.4) is 0 Å². The Kier molecular flexibility index (Phi) is 11.5. The Labute approximate surface area is 187 Å². The van der Waals surface area contributed by atoms with Gasteiger partial charge in [-0.3, -0.25) is 9.20 Å². The molecule has 31 heavy (non-hydrogen) atoms. The van der Waals surface area contributed by atoms with E-state index < -0.39 is 0 Å². The van der Waals surface area contributed by atoms with Crippen molar-refractivity contribution in [3.05, 3.63) is 71.0 Å². The third-order valence-corrected chi connectivity index (χ3v) is 4.23. The fourth-order valence-electron chi connectivity index (χ4n) is 3.24. The van der Waals surface area contributed by atoms with Gasteiger partial charge in [-0.1, -0.05) is 89.0 Å². The molecule has 166 valence electrons. The summed E-state index contributed by atoms with van der Waals surface area (Å²) in [5, 5.41) is 13.8. The van der Waals surface area contributed by atoms with E-state index in [2.05, 4.69) is 27.3 Å². The maximum absolute atomic E-state index is 12.9. The van der Waals surface area contributed by atoms with E-state index in [1.807, 2.05) is 102 Å². The maximum atomic E-state index is 12.9. The molecule has 0 aliphatic rings. The molecule has 7 heteroatoms. The van der Waals surface area contributed by atoms with Crippen LogP contribution in [0, 0.1) is 0 Å². The summed E-state index contributed by atoms with van der Waals surface area (Å²) in [7, 11) is 0. The highest BCUT2D eigenvalue weighted by Gasteiger charge is 2.14. The van der Waals surface area contributed by atoms with E-state index in [-0.39, 0.29) is 5.56 Å². The second-order valence-electron chi connectivity index (χ2n) is 5.42. The first-order valence-corrected chi connectivity index (χ1v) is 10.7. The van der Waals surface area contributed by atoms with Crippen LogP contribution >= 0.6 is 0 Å². The second-order valence-corrected chi connectivity index (χ2v) is 5.55. The summed E-state index contributed by atoms with van der Waals surface area (Å²) in [4.78, 5) is 17.6. The second kappa shape index (κ2) is 13.6. The molecule has 2 aromatic heterocycles. The fourth-order valence-corrected chi connectivity index (χ4v) is 3.24. The van der Waals surface area contributed by atoms with Gasteiger partial charge < -0.3 is 17.2 Å². The highest BCUT2D eigenvalue weighted by molar-refractivity contribution is 7.52. The summed E-state index contributed by atoms with van der Waals surface area (Å²) >= 11 is 3.58. The van der Waals surface area contributed by atoms with Crippen LogP contribution in [0.2, 0.25) is 0 Å². The summed E-state index contributed by atoms with van der Waals surface area (Å²) in [5.74, 6) is 0. The van der Waals surface area contributed by atoms with E-state index in [1.165, 1.54) is 0 Å². The smallest absolute Gasteiger partial charge is 0.264 e. The minimum atomic E-state index is 0.00278. The van der Waals surface area contributed by atoms with Gasteiger partial charge in [-0.2, -0.15) is 0 Å². The zero-order chi connectivity index (χ0) is 23.4. The van der Waals surface area contributed by atoms with Gasteiger partial charge in [0.2, 0.25) is 0 Å². The minimum absolute atomic E-state index is 0.00278. The zero-order valence-corrected chi connectivity index (χ0v) is 19.6. The van der Waals surface area contributed by atoms with Crippen LogP contribution in [0.1, 0.15) is 41.5 Å². The standard InChI is InChI=1S/C18H10N2O.3C2H6.H2O3S/c21-18-13-8-4-6-11-5-3-7-12(16(11)13)17-19-14-9-1-2-10-15(14)20(17)18;3*1-2;1-2-3-4/h1-10H;3*1-2H3;1,4H/p-1. The van der Waals surface area contributed by atoms with Crippen LogP contribution in [-0.4, -0.2) is 14.6 Å². The van der Waals surface area contributed by atoms with E-state index in [9.17, 15) is 4.79 Å². The lowest BCUT2D eigenvalue weighted by atomic mass is 10.0. The Bertz CT molecular complexity index is 1250. The van der Waals surface area contributed by atoms with Crippen molar-refractivity contribution >= 4 is 51.1 Å². The molecular formula is C24H29N2O4S-. The molecule has 0 aliphatic carbocycles. The molecule has 0 atom stereocenters. The number of pyridine rings is 1. The number of hydrogen-bond donors (Lipinski definition) is 1. The number of hydrogen-bond acceptors (Lipinski definition) is 6. The van der Waals surface area contributed by atoms with Gasteiger partial charge in [-0.05, 0) is 23.6 Å². The molecule has 0 saturated carbocycles. The number of imidazole rings is 1. The van der Waals surface area contributed by atoms with Gasteiger partial charge in [0.25, 0.3) is 5.56 Å². The topological polar surface area (TPSA) is 73.1 Å². The quantitative estimate of drug-likeness (QED) is 0.181. The van der Waals surface area contributed by atoms with E-state index in [0.29, 0.717) is 0 Å². The van der Waals surface area contributed by atoms with Crippen molar-refractivity contribution in [3.63, 3.8) is 0 Å². The van der Waals surface area contributed by atoms with E-state index in [0.717, 1.165) is 38.2 Å². The summed E-state index contributed by atoms with van der Waals surface area (Å²) in [5.41, 5.74) is 2.46. The average Bonchev–Trinajstić information content (AvgIpc) is 3.26. The number of aromatic nitrogens is 2. The molecule has 5 rings (SSSR count). The normalized spacial score (nSPS) is 9.68. The van der Waals surface area contributed by atoms with Crippen LogP contribution in [-0.2, 0) is 22.3 Å². The first kappa shape index (κ1) is 26.3. The molecule has 0 radical (unpaired) electrons. The van der Waals surface area contributed by atoms with Gasteiger partial charge in [0, 0.05) is 16.2 Å². The van der Waals surface area contributed by atoms with E-state index in [1.54, 1.807) is 4.40 Å². The first-order valence-electron chi connectivity index (χ1n) is 10.4. The molecular weight excluding hydrogens is 412 g/mol. The molecule has 2 heterocycles. The summed E-state index contributed by atoms with van der Waals surface area (Å²) in [6, 6.07) is 19.7.